The van der Waals surface area contributed by atoms with Gasteiger partial charge in [-0.15, -0.1) is 0 Å². The second-order valence-corrected chi connectivity index (χ2v) is 8.49. The molecular formula is C21H18ClFN2O5S2. The number of thioether (sulfide) groups is 1. The Hall–Kier alpha value is -2.82. The quantitative estimate of drug-likeness (QED) is 0.451. The first kappa shape index (κ1) is 23.8. The van der Waals surface area contributed by atoms with Crippen LogP contribution in [0.2, 0.25) is 5.02 Å². The van der Waals surface area contributed by atoms with Crippen LogP contribution in [0.25, 0.3) is 6.08 Å². The van der Waals surface area contributed by atoms with Crippen LogP contribution in [0.4, 0.5) is 10.1 Å². The van der Waals surface area contributed by atoms with Crippen LogP contribution < -0.4 is 19.5 Å². The van der Waals surface area contributed by atoms with E-state index in [2.05, 4.69) is 5.32 Å². The summed E-state index contributed by atoms with van der Waals surface area (Å²) in [5.41, 5.74) is 0.935. The summed E-state index contributed by atoms with van der Waals surface area (Å²) in [7, 11) is 4.48. The summed E-state index contributed by atoms with van der Waals surface area (Å²) >= 11 is 12.1. The first-order chi connectivity index (χ1) is 15.3. The zero-order valence-electron chi connectivity index (χ0n) is 17.2. The predicted molar refractivity (Wildman–Crippen MR) is 126 cm³/mol. The Morgan fingerprint density at radius 1 is 1.19 bits per heavy atom. The minimum atomic E-state index is -0.599. The molecule has 2 aromatic carbocycles. The molecule has 2 amide bonds. The molecule has 2 aromatic rings. The molecule has 1 saturated heterocycles. The Balaban J connectivity index is 1.77. The molecule has 0 saturated carbocycles. The maximum atomic E-state index is 13.3. The van der Waals surface area contributed by atoms with Crippen molar-refractivity contribution >= 4 is 63.5 Å². The van der Waals surface area contributed by atoms with Crippen molar-refractivity contribution in [2.75, 3.05) is 33.2 Å². The smallest absolute Gasteiger partial charge is 0.266 e. The minimum absolute atomic E-state index is 0.123. The van der Waals surface area contributed by atoms with Crippen molar-refractivity contribution in [3.05, 3.63) is 51.6 Å². The third-order valence-electron chi connectivity index (χ3n) is 4.36. The van der Waals surface area contributed by atoms with Crippen LogP contribution in [0.15, 0.2) is 35.2 Å². The molecule has 1 N–H and O–H groups in total. The number of rotatable bonds is 7. The highest BCUT2D eigenvalue weighted by molar-refractivity contribution is 8.26. The summed E-state index contributed by atoms with van der Waals surface area (Å²) in [6, 6.07) is 7.17. The molecule has 0 spiro atoms. The number of ether oxygens (including phenoxy) is 3. The molecule has 1 aliphatic rings. The van der Waals surface area contributed by atoms with Crippen LogP contribution in [0.5, 0.6) is 17.2 Å². The Bertz CT molecular complexity index is 1100. The number of hydrogen-bond donors (Lipinski definition) is 1. The maximum Gasteiger partial charge on any atom is 0.266 e. The molecule has 1 heterocycles. The number of carbonyl (C=O) groups is 2. The van der Waals surface area contributed by atoms with Gasteiger partial charge in [-0.2, -0.15) is 0 Å². The number of methoxy groups -OCH3 is 3. The van der Waals surface area contributed by atoms with Gasteiger partial charge < -0.3 is 19.5 Å². The van der Waals surface area contributed by atoms with E-state index in [1.165, 1.54) is 38.4 Å². The molecule has 32 heavy (non-hydrogen) atoms. The monoisotopic (exact) mass is 496 g/mol. The molecule has 1 aliphatic heterocycles. The van der Waals surface area contributed by atoms with Crippen LogP contribution in [0.1, 0.15) is 5.56 Å². The summed E-state index contributed by atoms with van der Waals surface area (Å²) in [4.78, 5) is 26.8. The maximum absolute atomic E-state index is 13.3. The third-order valence-corrected chi connectivity index (χ3v) is 6.03. The molecule has 0 atom stereocenters. The average Bonchev–Trinajstić information content (AvgIpc) is 3.02. The van der Waals surface area contributed by atoms with Gasteiger partial charge in [0.1, 0.15) is 16.7 Å². The standard InChI is InChI=1S/C21H18ClFN2O5S2/c1-28-15-6-11(7-16(29-2)19(15)30-3)8-17-20(27)25(21(31)32-17)10-18(26)24-12-4-5-14(23)13(22)9-12/h4-9H,10H2,1-3H3,(H,24,26). The summed E-state index contributed by atoms with van der Waals surface area (Å²) in [6.45, 7) is -0.299. The fourth-order valence-corrected chi connectivity index (χ4v) is 4.33. The van der Waals surface area contributed by atoms with E-state index in [9.17, 15) is 14.0 Å². The normalized spacial score (nSPS) is 14.7. The first-order valence-corrected chi connectivity index (χ1v) is 10.7. The molecule has 3 rings (SSSR count). The molecule has 1 fully saturated rings. The number of amides is 2. The van der Waals surface area contributed by atoms with Gasteiger partial charge in [-0.05, 0) is 42.0 Å². The van der Waals surface area contributed by atoms with Crippen molar-refractivity contribution < 1.29 is 28.2 Å². The molecule has 7 nitrogen and oxygen atoms in total. The number of carbonyl (C=O) groups excluding carboxylic acids is 2. The molecule has 0 radical (unpaired) electrons. The van der Waals surface area contributed by atoms with E-state index >= 15 is 0 Å². The van der Waals surface area contributed by atoms with Crippen molar-refractivity contribution in [1.29, 1.82) is 0 Å². The number of benzene rings is 2. The van der Waals surface area contributed by atoms with Crippen LogP contribution in [-0.4, -0.2) is 48.9 Å². The SMILES string of the molecule is COc1cc(C=C2SC(=S)N(CC(=O)Nc3ccc(F)c(Cl)c3)C2=O)cc(OC)c1OC. The highest BCUT2D eigenvalue weighted by Gasteiger charge is 2.33. The van der Waals surface area contributed by atoms with Crippen LogP contribution in [0.3, 0.4) is 0 Å². The molecule has 0 unspecified atom stereocenters. The second-order valence-electron chi connectivity index (χ2n) is 6.40. The van der Waals surface area contributed by atoms with Crippen molar-refractivity contribution in [2.45, 2.75) is 0 Å². The molecule has 168 valence electrons. The molecular weight excluding hydrogens is 479 g/mol. The average molecular weight is 497 g/mol. The van der Waals surface area contributed by atoms with Crippen molar-refractivity contribution in [3.8, 4) is 17.2 Å². The van der Waals surface area contributed by atoms with E-state index in [1.807, 2.05) is 0 Å². The lowest BCUT2D eigenvalue weighted by Gasteiger charge is -2.14. The van der Waals surface area contributed by atoms with Crippen molar-refractivity contribution in [1.82, 2.24) is 4.90 Å². The molecule has 0 bridgehead atoms. The van der Waals surface area contributed by atoms with Gasteiger partial charge in [0, 0.05) is 5.69 Å². The molecule has 0 aliphatic carbocycles. The van der Waals surface area contributed by atoms with Gasteiger partial charge in [0.05, 0.1) is 31.3 Å². The van der Waals surface area contributed by atoms with E-state index in [1.54, 1.807) is 18.2 Å². The number of hydrogen-bond acceptors (Lipinski definition) is 7. The summed E-state index contributed by atoms with van der Waals surface area (Å²) in [5.74, 6) is -0.216. The largest absolute Gasteiger partial charge is 0.493 e. The fourth-order valence-electron chi connectivity index (χ4n) is 2.89. The molecule has 0 aromatic heterocycles. The van der Waals surface area contributed by atoms with Gasteiger partial charge in [-0.1, -0.05) is 35.6 Å². The van der Waals surface area contributed by atoms with E-state index < -0.39 is 17.6 Å². The lowest BCUT2D eigenvalue weighted by molar-refractivity contribution is -0.126. The Labute approximate surface area is 198 Å². The van der Waals surface area contributed by atoms with E-state index in [0.717, 1.165) is 17.8 Å². The lowest BCUT2D eigenvalue weighted by Crippen LogP contribution is -2.36. The zero-order valence-corrected chi connectivity index (χ0v) is 19.6. The van der Waals surface area contributed by atoms with Crippen LogP contribution >= 0.6 is 35.6 Å². The second kappa shape index (κ2) is 10.2. The number of anilines is 1. The Kier molecular flexibility index (Phi) is 7.60. The van der Waals surface area contributed by atoms with Gasteiger partial charge >= 0.3 is 0 Å². The number of thiocarbonyl (C=S) groups is 1. The van der Waals surface area contributed by atoms with Gasteiger partial charge in [0.2, 0.25) is 11.7 Å². The molecule has 11 heteroatoms. The number of nitrogens with one attached hydrogen (secondary N) is 1. The first-order valence-electron chi connectivity index (χ1n) is 9.07. The highest BCUT2D eigenvalue weighted by Crippen LogP contribution is 2.40. The van der Waals surface area contributed by atoms with Gasteiger partial charge in [-0.25, -0.2) is 4.39 Å². The third kappa shape index (κ3) is 5.14. The fraction of sp³-hybridized carbons (Fsp3) is 0.190. The number of halogens is 2. The van der Waals surface area contributed by atoms with Crippen molar-refractivity contribution in [3.63, 3.8) is 0 Å². The Morgan fingerprint density at radius 2 is 1.84 bits per heavy atom. The van der Waals surface area contributed by atoms with Crippen molar-refractivity contribution in [2.24, 2.45) is 0 Å². The summed E-state index contributed by atoms with van der Waals surface area (Å²) < 4.78 is 29.5. The van der Waals surface area contributed by atoms with E-state index in [0.29, 0.717) is 33.4 Å². The van der Waals surface area contributed by atoms with Gasteiger partial charge in [0.15, 0.2) is 11.5 Å². The number of nitrogens with zero attached hydrogens (tertiary/aromatic N) is 1. The Morgan fingerprint density at radius 3 is 2.41 bits per heavy atom. The lowest BCUT2D eigenvalue weighted by atomic mass is 10.1. The van der Waals surface area contributed by atoms with Gasteiger partial charge in [-0.3, -0.25) is 14.5 Å². The zero-order chi connectivity index (χ0) is 23.4. The van der Waals surface area contributed by atoms with Crippen LogP contribution in [0, 0.1) is 5.82 Å². The summed E-state index contributed by atoms with van der Waals surface area (Å²) in [6.07, 6.45) is 1.63. The van der Waals surface area contributed by atoms with E-state index in [-0.39, 0.29) is 15.9 Å². The predicted octanol–water partition coefficient (Wildman–Crippen LogP) is 4.34. The van der Waals surface area contributed by atoms with E-state index in [4.69, 9.17) is 38.0 Å². The minimum Gasteiger partial charge on any atom is -0.493 e. The summed E-state index contributed by atoms with van der Waals surface area (Å²) in [5, 5.41) is 2.44. The topological polar surface area (TPSA) is 77.1 Å². The highest BCUT2D eigenvalue weighted by atomic mass is 35.5. The van der Waals surface area contributed by atoms with Gasteiger partial charge in [0.25, 0.3) is 5.91 Å². The van der Waals surface area contributed by atoms with Crippen LogP contribution in [-0.2, 0) is 9.59 Å².